The van der Waals surface area contributed by atoms with E-state index in [1.807, 2.05) is 24.3 Å². The molecular weight excluding hydrogens is 392 g/mol. The van der Waals surface area contributed by atoms with E-state index in [2.05, 4.69) is 12.2 Å². The molecule has 1 atom stereocenters. The van der Waals surface area contributed by atoms with Crippen molar-refractivity contribution >= 4 is 17.1 Å². The Hall–Kier alpha value is -3.31. The van der Waals surface area contributed by atoms with E-state index in [0.29, 0.717) is 19.6 Å². The lowest BCUT2D eigenvalue weighted by molar-refractivity contribution is -0.156. The van der Waals surface area contributed by atoms with Crippen molar-refractivity contribution in [1.82, 2.24) is 0 Å². The lowest BCUT2D eigenvalue weighted by atomic mass is 9.86. The number of phenolic OH excluding ortho intramolecular Hbond substituents is 2. The van der Waals surface area contributed by atoms with Gasteiger partial charge < -0.3 is 19.7 Å². The average molecular weight is 418 g/mol. The molecule has 0 saturated heterocycles. The maximum absolute atomic E-state index is 12.3. The van der Waals surface area contributed by atoms with Crippen LogP contribution in [-0.4, -0.2) is 35.5 Å². The Bertz CT molecular complexity index is 1080. The Morgan fingerprint density at radius 1 is 0.968 bits per heavy atom. The minimum atomic E-state index is -0.627. The number of carbonyl (C=O) groups excluding carboxylic acids is 1. The molecule has 0 fully saturated rings. The molecule has 1 heterocycles. The smallest absolute Gasteiger partial charge is 0.335 e. The number of allylic oxidation sites excluding steroid dienone is 3. The van der Waals surface area contributed by atoms with Crippen LogP contribution < -0.4 is 0 Å². The maximum Gasteiger partial charge on any atom is 0.335 e. The first-order valence-corrected chi connectivity index (χ1v) is 10.5. The number of carbonyl (C=O) groups is 1. The minimum Gasteiger partial charge on any atom is -0.508 e. The predicted octanol–water partition coefficient (Wildman–Crippen LogP) is 5.01. The molecule has 2 aromatic rings. The first-order chi connectivity index (χ1) is 15.0. The molecule has 5 nitrogen and oxygen atoms in total. The summed E-state index contributed by atoms with van der Waals surface area (Å²) in [4.78, 5) is 12.3. The number of phenols is 2. The van der Waals surface area contributed by atoms with Crippen molar-refractivity contribution in [1.29, 1.82) is 0 Å². The van der Waals surface area contributed by atoms with E-state index in [-0.39, 0.29) is 17.5 Å². The largest absolute Gasteiger partial charge is 0.508 e. The Morgan fingerprint density at radius 2 is 1.55 bits per heavy atom. The van der Waals surface area contributed by atoms with Gasteiger partial charge in [-0.1, -0.05) is 36.4 Å². The molecule has 2 aliphatic rings. The fourth-order valence-corrected chi connectivity index (χ4v) is 4.05. The predicted molar refractivity (Wildman–Crippen MR) is 119 cm³/mol. The van der Waals surface area contributed by atoms with Gasteiger partial charge in [-0.25, -0.2) is 4.79 Å². The zero-order valence-corrected chi connectivity index (χ0v) is 17.5. The molecule has 1 aliphatic carbocycles. The van der Waals surface area contributed by atoms with E-state index in [0.717, 1.165) is 46.3 Å². The second-order valence-electron chi connectivity index (χ2n) is 7.75. The van der Waals surface area contributed by atoms with E-state index in [4.69, 9.17) is 9.47 Å². The van der Waals surface area contributed by atoms with Gasteiger partial charge in [0.05, 0.1) is 13.2 Å². The number of esters is 1. The first-order valence-electron chi connectivity index (χ1n) is 10.5. The van der Waals surface area contributed by atoms with Crippen LogP contribution in [0.4, 0.5) is 0 Å². The van der Waals surface area contributed by atoms with Gasteiger partial charge in [-0.2, -0.15) is 0 Å². The molecule has 0 bridgehead atoms. The Labute approximate surface area is 181 Å². The zero-order valence-electron chi connectivity index (χ0n) is 17.5. The molecule has 0 amide bonds. The molecule has 2 aromatic carbocycles. The summed E-state index contributed by atoms with van der Waals surface area (Å²) >= 11 is 0. The van der Waals surface area contributed by atoms with Gasteiger partial charge in [0.1, 0.15) is 11.5 Å². The Morgan fingerprint density at radius 3 is 2.10 bits per heavy atom. The molecule has 1 aliphatic heterocycles. The highest BCUT2D eigenvalue weighted by molar-refractivity contribution is 5.79. The SMILES string of the molecule is CCOC(=O)C1CC2=C(/C=C(/c3cccc(O)c3)CC/C(c3cccc(O)c3)=C\2)CO1. The van der Waals surface area contributed by atoms with Crippen molar-refractivity contribution in [3.05, 3.63) is 83.0 Å². The fraction of sp³-hybridized carbons (Fsp3) is 0.269. The van der Waals surface area contributed by atoms with Crippen molar-refractivity contribution in [3.63, 3.8) is 0 Å². The highest BCUT2D eigenvalue weighted by Crippen LogP contribution is 2.36. The summed E-state index contributed by atoms with van der Waals surface area (Å²) in [6, 6.07) is 14.5. The minimum absolute atomic E-state index is 0.217. The van der Waals surface area contributed by atoms with Gasteiger partial charge in [-0.3, -0.25) is 0 Å². The Balaban J connectivity index is 1.76. The second kappa shape index (κ2) is 9.23. The van der Waals surface area contributed by atoms with Crippen LogP contribution in [0.3, 0.4) is 0 Å². The van der Waals surface area contributed by atoms with Gasteiger partial charge in [0.15, 0.2) is 6.10 Å². The second-order valence-corrected chi connectivity index (χ2v) is 7.75. The summed E-state index contributed by atoms with van der Waals surface area (Å²) in [5.41, 5.74) is 6.11. The molecule has 0 spiro atoms. The number of benzene rings is 2. The molecule has 0 aromatic heterocycles. The van der Waals surface area contributed by atoms with Gasteiger partial charge in [0.2, 0.25) is 0 Å². The van der Waals surface area contributed by atoms with Gasteiger partial charge >= 0.3 is 5.97 Å². The molecule has 31 heavy (non-hydrogen) atoms. The molecule has 5 heteroatoms. The Kier molecular flexibility index (Phi) is 6.23. The van der Waals surface area contributed by atoms with Crippen LogP contribution in [0.2, 0.25) is 0 Å². The van der Waals surface area contributed by atoms with Crippen molar-refractivity contribution in [3.8, 4) is 11.5 Å². The molecule has 0 radical (unpaired) electrons. The molecule has 2 N–H and O–H groups in total. The fourth-order valence-electron chi connectivity index (χ4n) is 4.05. The van der Waals surface area contributed by atoms with Gasteiger partial charge in [-0.05, 0) is 77.5 Å². The van der Waals surface area contributed by atoms with Crippen LogP contribution in [0.25, 0.3) is 11.1 Å². The summed E-state index contributed by atoms with van der Waals surface area (Å²) in [6.07, 6.45) is 5.56. The van der Waals surface area contributed by atoms with Gasteiger partial charge in [0.25, 0.3) is 0 Å². The number of aromatic hydroxyl groups is 2. The standard InChI is InChI=1S/C26H26O5/c1-2-30-26(29)25-15-21-11-19(17-5-3-7-23(27)13-17)9-10-20(12-22(21)16-31-25)18-6-4-8-24(28)14-18/h3-8,11-14,25,27-28H,2,9-10,15-16H2,1H3/b19-11+,20-12+. The summed E-state index contributed by atoms with van der Waals surface area (Å²) < 4.78 is 11.0. The van der Waals surface area contributed by atoms with Crippen molar-refractivity contribution < 1.29 is 24.5 Å². The number of hydrogen-bond donors (Lipinski definition) is 2. The quantitative estimate of drug-likeness (QED) is 0.683. The van der Waals surface area contributed by atoms with E-state index in [9.17, 15) is 15.0 Å². The summed E-state index contributed by atoms with van der Waals surface area (Å²) in [5.74, 6) is 0.0936. The molecule has 1 unspecified atom stereocenters. The summed E-state index contributed by atoms with van der Waals surface area (Å²) in [6.45, 7) is 2.41. The van der Waals surface area contributed by atoms with Crippen LogP contribution in [0.5, 0.6) is 11.5 Å². The highest BCUT2D eigenvalue weighted by Gasteiger charge is 2.28. The van der Waals surface area contributed by atoms with Crippen molar-refractivity contribution in [2.45, 2.75) is 32.3 Å². The van der Waals surface area contributed by atoms with Crippen LogP contribution in [-0.2, 0) is 14.3 Å². The maximum atomic E-state index is 12.3. The number of ether oxygens (including phenoxy) is 2. The molecule has 0 saturated carbocycles. The zero-order chi connectivity index (χ0) is 21.8. The van der Waals surface area contributed by atoms with E-state index in [1.165, 1.54) is 0 Å². The first kappa shape index (κ1) is 20.9. The van der Waals surface area contributed by atoms with Gasteiger partial charge in [-0.15, -0.1) is 0 Å². The number of hydrogen-bond acceptors (Lipinski definition) is 5. The lowest BCUT2D eigenvalue weighted by Gasteiger charge is -2.27. The monoisotopic (exact) mass is 418 g/mol. The van der Waals surface area contributed by atoms with Crippen LogP contribution in [0.1, 0.15) is 37.3 Å². The third-order valence-corrected chi connectivity index (χ3v) is 5.60. The summed E-state index contributed by atoms with van der Waals surface area (Å²) in [7, 11) is 0. The van der Waals surface area contributed by atoms with Crippen LogP contribution in [0, 0.1) is 0 Å². The normalized spacial score (nSPS) is 22.3. The topological polar surface area (TPSA) is 76.0 Å². The third-order valence-electron chi connectivity index (χ3n) is 5.60. The van der Waals surface area contributed by atoms with Crippen LogP contribution >= 0.6 is 0 Å². The van der Waals surface area contributed by atoms with Crippen molar-refractivity contribution in [2.24, 2.45) is 0 Å². The summed E-state index contributed by atoms with van der Waals surface area (Å²) in [5, 5.41) is 19.9. The molecule has 4 rings (SSSR count). The number of rotatable bonds is 4. The highest BCUT2D eigenvalue weighted by atomic mass is 16.6. The molecular formula is C26H26O5. The lowest BCUT2D eigenvalue weighted by Crippen LogP contribution is -2.31. The molecule has 160 valence electrons. The van der Waals surface area contributed by atoms with Crippen molar-refractivity contribution in [2.75, 3.05) is 13.2 Å². The third kappa shape index (κ3) is 4.89. The van der Waals surface area contributed by atoms with E-state index < -0.39 is 6.10 Å². The van der Waals surface area contributed by atoms with Gasteiger partial charge in [0, 0.05) is 6.42 Å². The average Bonchev–Trinajstić information content (AvgIpc) is 2.74. The van der Waals surface area contributed by atoms with E-state index >= 15 is 0 Å². The van der Waals surface area contributed by atoms with Crippen LogP contribution in [0.15, 0.2) is 71.8 Å². The van der Waals surface area contributed by atoms with E-state index in [1.54, 1.807) is 31.2 Å².